The summed E-state index contributed by atoms with van der Waals surface area (Å²) in [4.78, 5) is 38.4. The second kappa shape index (κ2) is 8.67. The van der Waals surface area contributed by atoms with Gasteiger partial charge in [0.25, 0.3) is 11.6 Å². The molecule has 0 aliphatic carbocycles. The Balaban J connectivity index is 1.54. The van der Waals surface area contributed by atoms with Crippen LogP contribution in [-0.2, 0) is 4.79 Å². The van der Waals surface area contributed by atoms with Gasteiger partial charge in [-0.05, 0) is 42.0 Å². The van der Waals surface area contributed by atoms with Crippen LogP contribution in [0.3, 0.4) is 0 Å². The standard InChI is InChI=1S/C20H18ClN3O4/c21-17-3-1-2-16(14-17)20(26)23-12-10-22(11-13-23)19(25)9-6-15-4-7-18(8-5-15)24(27)28/h1-9,14H,10-13H2/b9-6+. The van der Waals surface area contributed by atoms with Crippen molar-refractivity contribution in [3.63, 3.8) is 0 Å². The van der Waals surface area contributed by atoms with Crippen molar-refractivity contribution in [2.75, 3.05) is 26.2 Å². The first-order chi connectivity index (χ1) is 13.4. The molecule has 0 N–H and O–H groups in total. The van der Waals surface area contributed by atoms with Crippen molar-refractivity contribution < 1.29 is 14.5 Å². The van der Waals surface area contributed by atoms with E-state index >= 15 is 0 Å². The lowest BCUT2D eigenvalue weighted by Gasteiger charge is -2.34. The van der Waals surface area contributed by atoms with Crippen LogP contribution in [0.1, 0.15) is 15.9 Å². The zero-order chi connectivity index (χ0) is 20.1. The molecule has 1 heterocycles. The number of piperazine rings is 1. The van der Waals surface area contributed by atoms with E-state index in [2.05, 4.69) is 0 Å². The lowest BCUT2D eigenvalue weighted by atomic mass is 10.1. The minimum absolute atomic E-state index is 0.00368. The molecular weight excluding hydrogens is 382 g/mol. The Hall–Kier alpha value is -3.19. The maximum Gasteiger partial charge on any atom is 0.269 e. The molecule has 1 aliphatic rings. The molecule has 0 radical (unpaired) electrons. The van der Waals surface area contributed by atoms with Gasteiger partial charge >= 0.3 is 0 Å². The second-order valence-electron chi connectivity index (χ2n) is 6.31. The van der Waals surface area contributed by atoms with Crippen molar-refractivity contribution in [3.8, 4) is 0 Å². The molecule has 1 saturated heterocycles. The predicted octanol–water partition coefficient (Wildman–Crippen LogP) is 3.25. The van der Waals surface area contributed by atoms with E-state index < -0.39 is 4.92 Å². The summed E-state index contributed by atoms with van der Waals surface area (Å²) in [5.41, 5.74) is 1.24. The van der Waals surface area contributed by atoms with Crippen molar-refractivity contribution in [2.45, 2.75) is 0 Å². The van der Waals surface area contributed by atoms with Crippen molar-refractivity contribution in [1.29, 1.82) is 0 Å². The Morgan fingerprint density at radius 3 is 2.25 bits per heavy atom. The summed E-state index contributed by atoms with van der Waals surface area (Å²) in [6.45, 7) is 1.77. The van der Waals surface area contributed by atoms with E-state index in [1.165, 1.54) is 18.2 Å². The third-order valence-corrected chi connectivity index (χ3v) is 4.71. The Bertz CT molecular complexity index is 919. The largest absolute Gasteiger partial charge is 0.336 e. The number of halogens is 1. The summed E-state index contributed by atoms with van der Waals surface area (Å²) in [5, 5.41) is 11.2. The average molecular weight is 400 g/mol. The molecule has 2 amide bonds. The first-order valence-electron chi connectivity index (χ1n) is 8.70. The van der Waals surface area contributed by atoms with Gasteiger partial charge in [0, 0.05) is 55.0 Å². The van der Waals surface area contributed by atoms with E-state index in [1.54, 1.807) is 52.3 Å². The fraction of sp³-hybridized carbons (Fsp3) is 0.200. The lowest BCUT2D eigenvalue weighted by molar-refractivity contribution is -0.384. The van der Waals surface area contributed by atoms with Gasteiger partial charge < -0.3 is 9.80 Å². The highest BCUT2D eigenvalue weighted by atomic mass is 35.5. The number of carbonyl (C=O) groups excluding carboxylic acids is 2. The van der Waals surface area contributed by atoms with Crippen LogP contribution in [0.15, 0.2) is 54.6 Å². The molecule has 7 nitrogen and oxygen atoms in total. The van der Waals surface area contributed by atoms with Gasteiger partial charge in [-0.3, -0.25) is 19.7 Å². The monoisotopic (exact) mass is 399 g/mol. The SMILES string of the molecule is O=C(/C=C/c1ccc([N+](=O)[O-])cc1)N1CCN(C(=O)c2cccc(Cl)c2)CC1. The molecule has 0 bridgehead atoms. The number of rotatable bonds is 4. The fourth-order valence-electron chi connectivity index (χ4n) is 2.91. The molecule has 28 heavy (non-hydrogen) atoms. The average Bonchev–Trinajstić information content (AvgIpc) is 2.72. The van der Waals surface area contributed by atoms with Gasteiger partial charge in [-0.15, -0.1) is 0 Å². The molecule has 1 fully saturated rings. The van der Waals surface area contributed by atoms with Crippen LogP contribution in [0.4, 0.5) is 5.69 Å². The van der Waals surface area contributed by atoms with Gasteiger partial charge in [0.05, 0.1) is 4.92 Å². The van der Waals surface area contributed by atoms with E-state index in [9.17, 15) is 19.7 Å². The summed E-state index contributed by atoms with van der Waals surface area (Å²) < 4.78 is 0. The molecule has 0 aromatic heterocycles. The molecule has 144 valence electrons. The Morgan fingerprint density at radius 2 is 1.64 bits per heavy atom. The lowest BCUT2D eigenvalue weighted by Crippen LogP contribution is -2.50. The molecule has 0 saturated carbocycles. The first-order valence-corrected chi connectivity index (χ1v) is 9.08. The Kier molecular flexibility index (Phi) is 6.06. The van der Waals surface area contributed by atoms with Crippen molar-refractivity contribution >= 4 is 35.2 Å². The smallest absolute Gasteiger partial charge is 0.269 e. The Labute approximate surface area is 167 Å². The minimum Gasteiger partial charge on any atom is -0.336 e. The van der Waals surface area contributed by atoms with E-state index in [0.29, 0.717) is 42.3 Å². The highest BCUT2D eigenvalue weighted by Crippen LogP contribution is 2.15. The highest BCUT2D eigenvalue weighted by molar-refractivity contribution is 6.30. The molecule has 0 unspecified atom stereocenters. The zero-order valence-electron chi connectivity index (χ0n) is 15.0. The van der Waals surface area contributed by atoms with E-state index in [4.69, 9.17) is 11.6 Å². The molecule has 8 heteroatoms. The molecule has 2 aromatic carbocycles. The van der Waals surface area contributed by atoms with Crippen molar-refractivity contribution in [2.24, 2.45) is 0 Å². The summed E-state index contributed by atoms with van der Waals surface area (Å²) in [5.74, 6) is -0.260. The zero-order valence-corrected chi connectivity index (χ0v) is 15.7. The Morgan fingerprint density at radius 1 is 1.00 bits per heavy atom. The van der Waals surface area contributed by atoms with Crippen LogP contribution in [0.5, 0.6) is 0 Å². The number of carbonyl (C=O) groups is 2. The number of nitro groups is 1. The van der Waals surface area contributed by atoms with E-state index in [-0.39, 0.29) is 17.5 Å². The number of benzene rings is 2. The van der Waals surface area contributed by atoms with Crippen molar-refractivity contribution in [3.05, 3.63) is 80.9 Å². The first kappa shape index (κ1) is 19.6. The maximum atomic E-state index is 12.5. The van der Waals surface area contributed by atoms with Gasteiger partial charge in [-0.1, -0.05) is 17.7 Å². The molecule has 3 rings (SSSR count). The van der Waals surface area contributed by atoms with E-state index in [0.717, 1.165) is 0 Å². The molecule has 1 aliphatic heterocycles. The number of non-ortho nitro benzene ring substituents is 1. The van der Waals surface area contributed by atoms with Gasteiger partial charge in [-0.2, -0.15) is 0 Å². The van der Waals surface area contributed by atoms with Crippen LogP contribution in [0.2, 0.25) is 5.02 Å². The third kappa shape index (κ3) is 4.75. The minimum atomic E-state index is -0.469. The molecular formula is C20H18ClN3O4. The summed E-state index contributed by atoms with van der Waals surface area (Å²) in [7, 11) is 0. The highest BCUT2D eigenvalue weighted by Gasteiger charge is 2.24. The van der Waals surface area contributed by atoms with Crippen LogP contribution in [-0.4, -0.2) is 52.7 Å². The quantitative estimate of drug-likeness (QED) is 0.449. The fourth-order valence-corrected chi connectivity index (χ4v) is 3.10. The van der Waals surface area contributed by atoms with Gasteiger partial charge in [0.2, 0.25) is 5.91 Å². The van der Waals surface area contributed by atoms with E-state index in [1.807, 2.05) is 0 Å². The molecule has 2 aromatic rings. The summed E-state index contributed by atoms with van der Waals surface area (Å²) >= 11 is 5.94. The second-order valence-corrected chi connectivity index (χ2v) is 6.75. The number of hydrogen-bond donors (Lipinski definition) is 0. The van der Waals surface area contributed by atoms with Crippen LogP contribution in [0, 0.1) is 10.1 Å². The van der Waals surface area contributed by atoms with Gasteiger partial charge in [0.15, 0.2) is 0 Å². The normalized spacial score (nSPS) is 14.3. The number of nitro benzene ring substituents is 1. The number of hydrogen-bond acceptors (Lipinski definition) is 4. The van der Waals surface area contributed by atoms with Gasteiger partial charge in [-0.25, -0.2) is 0 Å². The summed E-state index contributed by atoms with van der Waals surface area (Å²) in [6.07, 6.45) is 3.06. The predicted molar refractivity (Wildman–Crippen MR) is 106 cm³/mol. The maximum absolute atomic E-state index is 12.5. The number of nitrogens with zero attached hydrogens (tertiary/aromatic N) is 3. The summed E-state index contributed by atoms with van der Waals surface area (Å²) in [6, 6.07) is 12.8. The number of amides is 2. The van der Waals surface area contributed by atoms with Crippen LogP contribution < -0.4 is 0 Å². The topological polar surface area (TPSA) is 83.8 Å². The van der Waals surface area contributed by atoms with Crippen LogP contribution in [0.25, 0.3) is 6.08 Å². The van der Waals surface area contributed by atoms with Crippen molar-refractivity contribution in [1.82, 2.24) is 9.80 Å². The third-order valence-electron chi connectivity index (χ3n) is 4.47. The van der Waals surface area contributed by atoms with Gasteiger partial charge in [0.1, 0.15) is 0 Å². The van der Waals surface area contributed by atoms with Crippen LogP contribution >= 0.6 is 11.6 Å². The molecule has 0 atom stereocenters. The molecule has 0 spiro atoms.